The van der Waals surface area contributed by atoms with E-state index in [1.54, 1.807) is 0 Å². The highest BCUT2D eigenvalue weighted by Gasteiger charge is 2.16. The third kappa shape index (κ3) is 5.48. The molecule has 0 bridgehead atoms. The maximum Gasteiger partial charge on any atom is -0.00264 e. The lowest BCUT2D eigenvalue weighted by molar-refractivity contribution is 1.61. The van der Waals surface area contributed by atoms with Crippen molar-refractivity contribution in [3.8, 4) is 44.5 Å². The predicted molar refractivity (Wildman–Crippen MR) is 216 cm³/mol. The monoisotopic (exact) mass is 634 g/mol. The predicted octanol–water partition coefficient (Wildman–Crippen LogP) is 14.0. The molecule has 0 aromatic heterocycles. The highest BCUT2D eigenvalue weighted by atomic mass is 14.2. The molecule has 0 aliphatic rings. The van der Waals surface area contributed by atoms with Crippen LogP contribution in [0.5, 0.6) is 0 Å². The molecule has 0 unspecified atom stereocenters. The molecule has 0 atom stereocenters. The Labute approximate surface area is 293 Å². The lowest BCUT2D eigenvalue weighted by Gasteiger charge is -2.18. The van der Waals surface area contributed by atoms with E-state index in [0.29, 0.717) is 0 Å². The van der Waals surface area contributed by atoms with Gasteiger partial charge in [0.25, 0.3) is 0 Å². The molecule has 50 heavy (non-hydrogen) atoms. The van der Waals surface area contributed by atoms with Gasteiger partial charge in [-0.15, -0.1) is 0 Å². The van der Waals surface area contributed by atoms with Gasteiger partial charge in [0.15, 0.2) is 0 Å². The lowest BCUT2D eigenvalue weighted by Crippen LogP contribution is -1.91. The van der Waals surface area contributed by atoms with Crippen LogP contribution < -0.4 is 0 Å². The zero-order chi connectivity index (χ0) is 33.3. The van der Waals surface area contributed by atoms with Crippen LogP contribution in [0.2, 0.25) is 0 Å². The number of fused-ring (bicyclic) bond motifs is 3. The molecule has 0 aliphatic heterocycles. The quantitative estimate of drug-likeness (QED) is 0.126. The molecule has 0 heteroatoms. The van der Waals surface area contributed by atoms with E-state index in [9.17, 15) is 0 Å². The largest absolute Gasteiger partial charge is 0.0622 e. The molecule has 234 valence electrons. The van der Waals surface area contributed by atoms with Gasteiger partial charge in [-0.2, -0.15) is 0 Å². The minimum atomic E-state index is 1.18. The fraction of sp³-hybridized carbons (Fsp3) is 0. The smallest absolute Gasteiger partial charge is 0.00264 e. The van der Waals surface area contributed by atoms with Crippen molar-refractivity contribution in [3.63, 3.8) is 0 Å². The van der Waals surface area contributed by atoms with E-state index in [-0.39, 0.29) is 0 Å². The Balaban J connectivity index is 1.04. The summed E-state index contributed by atoms with van der Waals surface area (Å²) in [5.74, 6) is 0. The summed E-state index contributed by atoms with van der Waals surface area (Å²) < 4.78 is 0. The average molecular weight is 635 g/mol. The summed E-state index contributed by atoms with van der Waals surface area (Å²) in [5.41, 5.74) is 12.3. The Morgan fingerprint density at radius 3 is 1.16 bits per heavy atom. The molecule has 0 heterocycles. The van der Waals surface area contributed by atoms with Crippen molar-refractivity contribution in [2.75, 3.05) is 0 Å². The SMILES string of the molecule is C(=C\c1ccc(-c2c3ccccc3c(-c3ccc(-c4ccccc4)cc3)c3ccccc23)cc1)/c1ccc(-c2cccc3ccccc23)cc1. The molecule has 0 radical (unpaired) electrons. The molecule has 0 spiro atoms. The molecule has 9 aromatic carbocycles. The van der Waals surface area contributed by atoms with E-state index in [2.05, 4.69) is 206 Å². The Kier molecular flexibility index (Phi) is 7.61. The molecular weight excluding hydrogens is 601 g/mol. The first-order valence-corrected chi connectivity index (χ1v) is 17.3. The Morgan fingerprint density at radius 2 is 0.620 bits per heavy atom. The summed E-state index contributed by atoms with van der Waals surface area (Å²) in [6, 6.07) is 70.3. The first kappa shape index (κ1) is 29.6. The van der Waals surface area contributed by atoms with Gasteiger partial charge in [-0.3, -0.25) is 0 Å². The van der Waals surface area contributed by atoms with Gasteiger partial charge in [-0.1, -0.05) is 206 Å². The van der Waals surface area contributed by atoms with Crippen molar-refractivity contribution < 1.29 is 0 Å². The average Bonchev–Trinajstić information content (AvgIpc) is 3.20. The number of benzene rings is 9. The molecule has 0 aliphatic carbocycles. The Bertz CT molecular complexity index is 2580. The first-order chi connectivity index (χ1) is 24.8. The minimum absolute atomic E-state index is 1.18. The van der Waals surface area contributed by atoms with Crippen LogP contribution in [-0.4, -0.2) is 0 Å². The highest BCUT2D eigenvalue weighted by Crippen LogP contribution is 2.44. The maximum absolute atomic E-state index is 2.27. The van der Waals surface area contributed by atoms with Gasteiger partial charge in [-0.05, 0) is 88.0 Å². The molecule has 9 aromatic rings. The van der Waals surface area contributed by atoms with Crippen LogP contribution in [0.3, 0.4) is 0 Å². The topological polar surface area (TPSA) is 0 Å². The number of hydrogen-bond acceptors (Lipinski definition) is 0. The molecule has 0 nitrogen and oxygen atoms in total. The molecule has 0 N–H and O–H groups in total. The van der Waals surface area contributed by atoms with Crippen LogP contribution in [0.25, 0.3) is 89.0 Å². The maximum atomic E-state index is 2.27. The first-order valence-electron chi connectivity index (χ1n) is 17.3. The van der Waals surface area contributed by atoms with Gasteiger partial charge in [-0.25, -0.2) is 0 Å². The van der Waals surface area contributed by atoms with E-state index < -0.39 is 0 Å². The molecule has 9 rings (SSSR count). The second-order valence-electron chi connectivity index (χ2n) is 12.9. The fourth-order valence-corrected chi connectivity index (χ4v) is 7.41. The van der Waals surface area contributed by atoms with E-state index >= 15 is 0 Å². The minimum Gasteiger partial charge on any atom is -0.0622 e. The fourth-order valence-electron chi connectivity index (χ4n) is 7.41. The van der Waals surface area contributed by atoms with Crippen LogP contribution in [-0.2, 0) is 0 Å². The molecular formula is C50H34. The van der Waals surface area contributed by atoms with Crippen molar-refractivity contribution in [3.05, 3.63) is 205 Å². The van der Waals surface area contributed by atoms with Gasteiger partial charge in [0.2, 0.25) is 0 Å². The van der Waals surface area contributed by atoms with E-state index in [0.717, 1.165) is 0 Å². The van der Waals surface area contributed by atoms with Crippen molar-refractivity contribution in [2.45, 2.75) is 0 Å². The Morgan fingerprint density at radius 1 is 0.240 bits per heavy atom. The van der Waals surface area contributed by atoms with Crippen LogP contribution in [0.4, 0.5) is 0 Å². The van der Waals surface area contributed by atoms with Gasteiger partial charge >= 0.3 is 0 Å². The van der Waals surface area contributed by atoms with Crippen LogP contribution in [0, 0.1) is 0 Å². The van der Waals surface area contributed by atoms with Crippen molar-refractivity contribution in [1.82, 2.24) is 0 Å². The van der Waals surface area contributed by atoms with E-state index in [1.165, 1.54) is 88.0 Å². The zero-order valence-electron chi connectivity index (χ0n) is 27.6. The van der Waals surface area contributed by atoms with Gasteiger partial charge < -0.3 is 0 Å². The van der Waals surface area contributed by atoms with Crippen molar-refractivity contribution in [2.24, 2.45) is 0 Å². The van der Waals surface area contributed by atoms with Crippen LogP contribution in [0.1, 0.15) is 11.1 Å². The summed E-state index contributed by atoms with van der Waals surface area (Å²) >= 11 is 0. The van der Waals surface area contributed by atoms with Crippen LogP contribution >= 0.6 is 0 Å². The normalized spacial score (nSPS) is 11.5. The Hall–Kier alpha value is -6.50. The summed E-state index contributed by atoms with van der Waals surface area (Å²) in [5, 5.41) is 7.62. The second-order valence-corrected chi connectivity index (χ2v) is 12.9. The number of hydrogen-bond donors (Lipinski definition) is 0. The lowest BCUT2D eigenvalue weighted by atomic mass is 9.85. The van der Waals surface area contributed by atoms with E-state index in [1.807, 2.05) is 0 Å². The van der Waals surface area contributed by atoms with Crippen molar-refractivity contribution >= 4 is 44.5 Å². The highest BCUT2D eigenvalue weighted by molar-refractivity contribution is 6.21. The molecule has 0 saturated heterocycles. The second kappa shape index (κ2) is 12.8. The van der Waals surface area contributed by atoms with E-state index in [4.69, 9.17) is 0 Å². The van der Waals surface area contributed by atoms with Gasteiger partial charge in [0.1, 0.15) is 0 Å². The third-order valence-corrected chi connectivity index (χ3v) is 9.89. The molecule has 0 saturated carbocycles. The third-order valence-electron chi connectivity index (χ3n) is 9.89. The zero-order valence-corrected chi connectivity index (χ0v) is 27.6. The summed E-state index contributed by atoms with van der Waals surface area (Å²) in [6.07, 6.45) is 4.40. The standard InChI is InChI=1S/C50H34/c1-2-11-37(12-3-1)38-31-33-42(34-32-38)50-47-18-8-6-16-45(47)49(46-17-7-9-19-48(46)50)41-29-25-36(26-30-41)22-21-35-23-27-40(28-24-35)44-20-10-14-39-13-4-5-15-43(39)44/h1-34H/b22-21+. The molecule has 0 amide bonds. The number of rotatable bonds is 6. The summed E-state index contributed by atoms with van der Waals surface area (Å²) in [7, 11) is 0. The summed E-state index contributed by atoms with van der Waals surface area (Å²) in [4.78, 5) is 0. The van der Waals surface area contributed by atoms with Crippen LogP contribution in [0.15, 0.2) is 194 Å². The van der Waals surface area contributed by atoms with Gasteiger partial charge in [0.05, 0.1) is 0 Å². The molecule has 0 fully saturated rings. The van der Waals surface area contributed by atoms with Gasteiger partial charge in [0, 0.05) is 0 Å². The van der Waals surface area contributed by atoms with Crippen molar-refractivity contribution in [1.29, 1.82) is 0 Å². The summed E-state index contributed by atoms with van der Waals surface area (Å²) in [6.45, 7) is 0.